The van der Waals surface area contributed by atoms with Gasteiger partial charge in [0.05, 0.1) is 7.11 Å². The van der Waals surface area contributed by atoms with E-state index in [0.29, 0.717) is 12.3 Å². The van der Waals surface area contributed by atoms with Crippen LogP contribution in [-0.4, -0.2) is 60.1 Å². The van der Waals surface area contributed by atoms with E-state index in [4.69, 9.17) is 16.3 Å². The molecular formula is C24H32ClN3O5S. The number of nitrogens with zero attached hydrogens (tertiary/aromatic N) is 3. The first-order chi connectivity index (χ1) is 16.1. The maximum Gasteiger partial charge on any atom is 0.269 e. The summed E-state index contributed by atoms with van der Waals surface area (Å²) in [5.74, 6) is 0.335. The molecule has 0 aromatic heterocycles. The Morgan fingerprint density at radius 2 is 1.85 bits per heavy atom. The van der Waals surface area contributed by atoms with Crippen molar-refractivity contribution < 1.29 is 22.7 Å². The van der Waals surface area contributed by atoms with Crippen LogP contribution in [0, 0.1) is 5.92 Å². The van der Waals surface area contributed by atoms with E-state index in [1.54, 1.807) is 11.0 Å². The third-order valence-corrected chi connectivity index (χ3v) is 9.00. The molecule has 0 radical (unpaired) electrons. The molecule has 2 aliphatic heterocycles. The van der Waals surface area contributed by atoms with Gasteiger partial charge < -0.3 is 9.64 Å². The lowest BCUT2D eigenvalue weighted by Crippen LogP contribution is -2.61. The topological polar surface area (TPSA) is 87.2 Å². The molecule has 8 nitrogen and oxygen atoms in total. The second-order valence-corrected chi connectivity index (χ2v) is 11.7. The molecule has 3 aliphatic rings. The molecule has 0 N–H and O–H groups in total. The number of hydrogen-bond donors (Lipinski definition) is 0. The Morgan fingerprint density at radius 3 is 2.50 bits per heavy atom. The molecule has 34 heavy (non-hydrogen) atoms. The van der Waals surface area contributed by atoms with Crippen molar-refractivity contribution in [1.82, 2.24) is 14.1 Å². The van der Waals surface area contributed by atoms with E-state index in [9.17, 15) is 18.0 Å². The highest BCUT2D eigenvalue weighted by atomic mass is 35.5. The summed E-state index contributed by atoms with van der Waals surface area (Å²) in [6.45, 7) is 3.74. The first-order valence-corrected chi connectivity index (χ1v) is 13.7. The SMILES string of the molecule is COc1ccc(Cl)cc1S(=O)(=O)N1CCC(=O)N2C1=CN(C(C)C)C(=O)C2CC1CCCCC1. The Labute approximate surface area is 206 Å². The van der Waals surface area contributed by atoms with Crippen LogP contribution in [0.2, 0.25) is 5.02 Å². The lowest BCUT2D eigenvalue weighted by atomic mass is 9.83. The van der Waals surface area contributed by atoms with Gasteiger partial charge in [0.25, 0.3) is 10.0 Å². The van der Waals surface area contributed by atoms with Crippen molar-refractivity contribution in [2.24, 2.45) is 5.92 Å². The molecule has 2 heterocycles. The largest absolute Gasteiger partial charge is 0.495 e. The van der Waals surface area contributed by atoms with Gasteiger partial charge in [-0.25, -0.2) is 12.7 Å². The van der Waals surface area contributed by atoms with Gasteiger partial charge in [0.2, 0.25) is 11.8 Å². The van der Waals surface area contributed by atoms with Gasteiger partial charge in [-0.15, -0.1) is 0 Å². The van der Waals surface area contributed by atoms with Crippen LogP contribution in [0.1, 0.15) is 58.8 Å². The zero-order valence-electron chi connectivity index (χ0n) is 19.9. The summed E-state index contributed by atoms with van der Waals surface area (Å²) in [4.78, 5) is 29.5. The van der Waals surface area contributed by atoms with Crippen LogP contribution in [0.25, 0.3) is 0 Å². The molecule has 0 spiro atoms. The number of carbonyl (C=O) groups excluding carboxylic acids is 2. The molecule has 2 fully saturated rings. The summed E-state index contributed by atoms with van der Waals surface area (Å²) in [7, 11) is -2.72. The van der Waals surface area contributed by atoms with Gasteiger partial charge in [-0.05, 0) is 44.4 Å². The fourth-order valence-electron chi connectivity index (χ4n) is 5.17. The average Bonchev–Trinajstić information content (AvgIpc) is 2.81. The predicted molar refractivity (Wildman–Crippen MR) is 128 cm³/mol. The van der Waals surface area contributed by atoms with Crippen LogP contribution in [-0.2, 0) is 19.6 Å². The molecule has 1 aliphatic carbocycles. The van der Waals surface area contributed by atoms with E-state index in [-0.39, 0.29) is 52.3 Å². The monoisotopic (exact) mass is 509 g/mol. The number of ether oxygens (including phenoxy) is 1. The summed E-state index contributed by atoms with van der Waals surface area (Å²) in [5.41, 5.74) is 0. The van der Waals surface area contributed by atoms with Gasteiger partial charge in [0.1, 0.15) is 22.5 Å². The number of fused-ring (bicyclic) bond motifs is 1. The second-order valence-electron chi connectivity index (χ2n) is 9.47. The van der Waals surface area contributed by atoms with Crippen LogP contribution >= 0.6 is 11.6 Å². The first-order valence-electron chi connectivity index (χ1n) is 11.9. The Hall–Kier alpha value is -2.26. The smallest absolute Gasteiger partial charge is 0.269 e. The quantitative estimate of drug-likeness (QED) is 0.579. The molecule has 1 saturated carbocycles. The first kappa shape index (κ1) is 24.9. The summed E-state index contributed by atoms with van der Waals surface area (Å²) < 4.78 is 34.2. The molecule has 186 valence electrons. The molecule has 10 heteroatoms. The summed E-state index contributed by atoms with van der Waals surface area (Å²) in [5, 5.41) is 0.260. The van der Waals surface area contributed by atoms with Crippen LogP contribution in [0.5, 0.6) is 5.75 Å². The number of benzene rings is 1. The Balaban J connectivity index is 1.78. The number of amides is 2. The molecular weight excluding hydrogens is 478 g/mol. The average molecular weight is 510 g/mol. The van der Waals surface area contributed by atoms with Crippen molar-refractivity contribution in [3.63, 3.8) is 0 Å². The van der Waals surface area contributed by atoms with E-state index < -0.39 is 16.1 Å². The van der Waals surface area contributed by atoms with Crippen molar-refractivity contribution in [3.05, 3.63) is 35.2 Å². The Kier molecular flexibility index (Phi) is 7.14. The normalized spacial score (nSPS) is 22.2. The number of methoxy groups -OCH3 is 1. The molecule has 1 saturated heterocycles. The number of sulfonamides is 1. The van der Waals surface area contributed by atoms with Crippen LogP contribution in [0.3, 0.4) is 0 Å². The Morgan fingerprint density at radius 1 is 1.15 bits per heavy atom. The van der Waals surface area contributed by atoms with E-state index >= 15 is 0 Å². The number of rotatable bonds is 6. The lowest BCUT2D eigenvalue weighted by molar-refractivity contribution is -0.149. The van der Waals surface area contributed by atoms with Gasteiger partial charge in [-0.2, -0.15) is 0 Å². The molecule has 1 aromatic rings. The zero-order chi connectivity index (χ0) is 24.6. The lowest BCUT2D eigenvalue weighted by Gasteiger charge is -2.47. The fraction of sp³-hybridized carbons (Fsp3) is 0.583. The molecule has 2 amide bonds. The van der Waals surface area contributed by atoms with Gasteiger partial charge in [0.15, 0.2) is 0 Å². The van der Waals surface area contributed by atoms with E-state index in [1.807, 2.05) is 13.8 Å². The summed E-state index contributed by atoms with van der Waals surface area (Å²) in [6, 6.07) is 3.53. The fourth-order valence-corrected chi connectivity index (χ4v) is 7.04. The van der Waals surface area contributed by atoms with E-state index in [2.05, 4.69) is 0 Å². The standard InChI is InChI=1S/C24H32ClN3O5S/c1-16(2)26-15-22-27(34(31,32)21-14-18(25)9-10-20(21)33-3)12-11-23(29)28(22)19(24(26)30)13-17-7-5-4-6-8-17/h9-10,14-17,19H,4-8,11-13H2,1-3H3. The third kappa shape index (κ3) is 4.52. The third-order valence-electron chi connectivity index (χ3n) is 6.94. The predicted octanol–water partition coefficient (Wildman–Crippen LogP) is 3.96. The van der Waals surface area contributed by atoms with E-state index in [0.717, 1.165) is 25.7 Å². The molecule has 1 aromatic carbocycles. The maximum atomic E-state index is 13.8. The minimum absolute atomic E-state index is 0.00439. The molecule has 1 unspecified atom stereocenters. The van der Waals surface area contributed by atoms with Gasteiger partial charge in [-0.3, -0.25) is 14.5 Å². The minimum Gasteiger partial charge on any atom is -0.495 e. The van der Waals surface area contributed by atoms with Crippen LogP contribution in [0.4, 0.5) is 0 Å². The summed E-state index contributed by atoms with van der Waals surface area (Å²) >= 11 is 6.12. The Bertz CT molecular complexity index is 1100. The number of halogens is 1. The zero-order valence-corrected chi connectivity index (χ0v) is 21.4. The molecule has 0 bridgehead atoms. The van der Waals surface area contributed by atoms with Crippen molar-refractivity contribution >= 4 is 33.4 Å². The van der Waals surface area contributed by atoms with Gasteiger partial charge >= 0.3 is 0 Å². The van der Waals surface area contributed by atoms with Gasteiger partial charge in [0, 0.05) is 30.2 Å². The van der Waals surface area contributed by atoms with Gasteiger partial charge in [-0.1, -0.05) is 43.7 Å². The van der Waals surface area contributed by atoms with Crippen molar-refractivity contribution in [2.75, 3.05) is 13.7 Å². The highest BCUT2D eigenvalue weighted by Gasteiger charge is 2.47. The highest BCUT2D eigenvalue weighted by Crippen LogP contribution is 2.39. The minimum atomic E-state index is -4.12. The molecule has 4 rings (SSSR count). The van der Waals surface area contributed by atoms with E-state index in [1.165, 1.54) is 41.1 Å². The highest BCUT2D eigenvalue weighted by molar-refractivity contribution is 7.89. The van der Waals surface area contributed by atoms with Crippen LogP contribution in [0.15, 0.2) is 35.1 Å². The molecule has 1 atom stereocenters. The van der Waals surface area contributed by atoms with Crippen LogP contribution < -0.4 is 4.74 Å². The van der Waals surface area contributed by atoms with Crippen molar-refractivity contribution in [3.8, 4) is 5.75 Å². The maximum absolute atomic E-state index is 13.8. The number of carbonyl (C=O) groups is 2. The van der Waals surface area contributed by atoms with Crippen molar-refractivity contribution in [2.45, 2.75) is 75.8 Å². The van der Waals surface area contributed by atoms with Crippen molar-refractivity contribution in [1.29, 1.82) is 0 Å². The second kappa shape index (κ2) is 9.77. The summed E-state index contributed by atoms with van der Waals surface area (Å²) in [6.07, 6.45) is 7.51. The number of hydrogen-bond acceptors (Lipinski definition) is 5.